The van der Waals surface area contributed by atoms with E-state index in [2.05, 4.69) is 26.0 Å². The number of hydrogen-bond donors (Lipinski definition) is 1. The summed E-state index contributed by atoms with van der Waals surface area (Å²) in [6.07, 6.45) is 4.96. The zero-order valence-corrected chi connectivity index (χ0v) is 10.4. The maximum atomic E-state index is 10.6. The van der Waals surface area contributed by atoms with Crippen molar-refractivity contribution in [2.24, 2.45) is 5.41 Å². The zero-order valence-electron chi connectivity index (χ0n) is 10.4. The standard InChI is InChI=1S/C15H22O/c1-14(2)8-10-15(16,11-9-14)12-13-6-4-3-5-7-13/h3-7,16H,8-12H2,1-2H3. The van der Waals surface area contributed by atoms with Crippen LogP contribution in [0.1, 0.15) is 45.1 Å². The van der Waals surface area contributed by atoms with E-state index in [0.29, 0.717) is 5.41 Å². The lowest BCUT2D eigenvalue weighted by Crippen LogP contribution is -2.38. The molecule has 0 amide bonds. The molecule has 0 atom stereocenters. The number of aliphatic hydroxyl groups is 1. The van der Waals surface area contributed by atoms with Crippen LogP contribution >= 0.6 is 0 Å². The van der Waals surface area contributed by atoms with Gasteiger partial charge in [-0.15, -0.1) is 0 Å². The van der Waals surface area contributed by atoms with Crippen molar-refractivity contribution in [3.63, 3.8) is 0 Å². The molecular weight excluding hydrogens is 196 g/mol. The van der Waals surface area contributed by atoms with E-state index in [0.717, 1.165) is 32.1 Å². The summed E-state index contributed by atoms with van der Waals surface area (Å²) in [5.74, 6) is 0. The number of rotatable bonds is 2. The summed E-state index contributed by atoms with van der Waals surface area (Å²) in [6.45, 7) is 4.60. The lowest BCUT2D eigenvalue weighted by molar-refractivity contribution is -0.0251. The van der Waals surface area contributed by atoms with Gasteiger partial charge >= 0.3 is 0 Å². The minimum absolute atomic E-state index is 0.420. The Hall–Kier alpha value is -0.820. The van der Waals surface area contributed by atoms with Crippen molar-refractivity contribution in [1.82, 2.24) is 0 Å². The minimum atomic E-state index is -0.461. The summed E-state index contributed by atoms with van der Waals surface area (Å²) in [5, 5.41) is 10.6. The highest BCUT2D eigenvalue weighted by atomic mass is 16.3. The second-order valence-corrected chi connectivity index (χ2v) is 6.05. The molecule has 88 valence electrons. The van der Waals surface area contributed by atoms with E-state index in [1.54, 1.807) is 0 Å². The van der Waals surface area contributed by atoms with Gasteiger partial charge in [0.2, 0.25) is 0 Å². The topological polar surface area (TPSA) is 20.2 Å². The van der Waals surface area contributed by atoms with Crippen LogP contribution in [0.4, 0.5) is 0 Å². The second kappa shape index (κ2) is 4.21. The SMILES string of the molecule is CC1(C)CCC(O)(Cc2ccccc2)CC1. The first kappa shape index (κ1) is 11.7. The van der Waals surface area contributed by atoms with Crippen LogP contribution in [-0.2, 0) is 6.42 Å². The first-order chi connectivity index (χ1) is 7.49. The van der Waals surface area contributed by atoms with Crippen molar-refractivity contribution < 1.29 is 5.11 Å². The maximum absolute atomic E-state index is 10.6. The fourth-order valence-corrected chi connectivity index (χ4v) is 2.54. The first-order valence-corrected chi connectivity index (χ1v) is 6.26. The van der Waals surface area contributed by atoms with Crippen molar-refractivity contribution in [2.75, 3.05) is 0 Å². The van der Waals surface area contributed by atoms with Crippen molar-refractivity contribution in [2.45, 2.75) is 51.6 Å². The van der Waals surface area contributed by atoms with Crippen molar-refractivity contribution in [1.29, 1.82) is 0 Å². The van der Waals surface area contributed by atoms with E-state index in [4.69, 9.17) is 0 Å². The molecule has 2 rings (SSSR count). The Bertz CT molecular complexity index is 330. The Morgan fingerprint density at radius 2 is 1.56 bits per heavy atom. The molecule has 1 aliphatic rings. The summed E-state index contributed by atoms with van der Waals surface area (Å²) in [6, 6.07) is 10.3. The second-order valence-electron chi connectivity index (χ2n) is 6.05. The molecule has 0 heterocycles. The van der Waals surface area contributed by atoms with Crippen molar-refractivity contribution in [3.8, 4) is 0 Å². The summed E-state index contributed by atoms with van der Waals surface area (Å²) in [7, 11) is 0. The fourth-order valence-electron chi connectivity index (χ4n) is 2.54. The summed E-state index contributed by atoms with van der Waals surface area (Å²) in [5.41, 5.74) is 1.21. The van der Waals surface area contributed by atoms with Gasteiger partial charge in [0.25, 0.3) is 0 Å². The van der Waals surface area contributed by atoms with Crippen LogP contribution in [0.5, 0.6) is 0 Å². The lowest BCUT2D eigenvalue weighted by Gasteiger charge is -2.40. The summed E-state index contributed by atoms with van der Waals surface area (Å²) in [4.78, 5) is 0. The predicted molar refractivity (Wildman–Crippen MR) is 67.3 cm³/mol. The van der Waals surface area contributed by atoms with Crippen LogP contribution < -0.4 is 0 Å². The molecule has 0 aromatic heterocycles. The molecule has 0 spiro atoms. The molecule has 16 heavy (non-hydrogen) atoms. The molecule has 1 aromatic carbocycles. The van der Waals surface area contributed by atoms with Crippen LogP contribution in [-0.4, -0.2) is 10.7 Å². The molecule has 1 N–H and O–H groups in total. The monoisotopic (exact) mass is 218 g/mol. The van der Waals surface area contributed by atoms with Gasteiger partial charge in [0, 0.05) is 6.42 Å². The van der Waals surface area contributed by atoms with E-state index in [-0.39, 0.29) is 0 Å². The third-order valence-corrected chi connectivity index (χ3v) is 3.91. The van der Waals surface area contributed by atoms with Gasteiger partial charge in [0.05, 0.1) is 5.60 Å². The van der Waals surface area contributed by atoms with E-state index in [1.165, 1.54) is 5.56 Å². The van der Waals surface area contributed by atoms with Gasteiger partial charge in [-0.05, 0) is 36.7 Å². The summed E-state index contributed by atoms with van der Waals surface area (Å²) >= 11 is 0. The average Bonchev–Trinajstić information content (AvgIpc) is 2.25. The smallest absolute Gasteiger partial charge is 0.0688 e. The number of hydrogen-bond acceptors (Lipinski definition) is 1. The van der Waals surface area contributed by atoms with Gasteiger partial charge in [-0.25, -0.2) is 0 Å². The van der Waals surface area contributed by atoms with Crippen molar-refractivity contribution in [3.05, 3.63) is 35.9 Å². The van der Waals surface area contributed by atoms with Crippen molar-refractivity contribution >= 4 is 0 Å². The molecule has 1 nitrogen and oxygen atoms in total. The molecular formula is C15H22O. The number of benzene rings is 1. The van der Waals surface area contributed by atoms with Crippen LogP contribution in [0.25, 0.3) is 0 Å². The molecule has 1 aliphatic carbocycles. The molecule has 1 saturated carbocycles. The quantitative estimate of drug-likeness (QED) is 0.804. The highest BCUT2D eigenvalue weighted by Gasteiger charge is 2.36. The Balaban J connectivity index is 2.00. The molecule has 1 aromatic rings. The van der Waals surface area contributed by atoms with Crippen LogP contribution in [0, 0.1) is 5.41 Å². The van der Waals surface area contributed by atoms with Crippen LogP contribution in [0.15, 0.2) is 30.3 Å². The van der Waals surface area contributed by atoms with Crippen LogP contribution in [0.3, 0.4) is 0 Å². The van der Waals surface area contributed by atoms with E-state index >= 15 is 0 Å². The molecule has 0 aliphatic heterocycles. The summed E-state index contributed by atoms with van der Waals surface area (Å²) < 4.78 is 0. The van der Waals surface area contributed by atoms with E-state index in [1.807, 2.05) is 18.2 Å². The molecule has 0 unspecified atom stereocenters. The normalized spacial score (nSPS) is 22.9. The molecule has 0 bridgehead atoms. The Labute approximate surface area is 98.5 Å². The largest absolute Gasteiger partial charge is 0.390 e. The minimum Gasteiger partial charge on any atom is -0.390 e. The molecule has 0 radical (unpaired) electrons. The Morgan fingerprint density at radius 3 is 2.12 bits per heavy atom. The van der Waals surface area contributed by atoms with E-state index < -0.39 is 5.60 Å². The van der Waals surface area contributed by atoms with Crippen LogP contribution in [0.2, 0.25) is 0 Å². The first-order valence-electron chi connectivity index (χ1n) is 6.26. The van der Waals surface area contributed by atoms with Gasteiger partial charge in [0.1, 0.15) is 0 Å². The molecule has 0 saturated heterocycles. The third-order valence-electron chi connectivity index (χ3n) is 3.91. The maximum Gasteiger partial charge on any atom is 0.0688 e. The zero-order chi connectivity index (χ0) is 11.6. The molecule has 1 fully saturated rings. The Kier molecular flexibility index (Phi) is 3.07. The van der Waals surface area contributed by atoms with Gasteiger partial charge < -0.3 is 5.11 Å². The van der Waals surface area contributed by atoms with Gasteiger partial charge in [-0.3, -0.25) is 0 Å². The highest BCUT2D eigenvalue weighted by Crippen LogP contribution is 2.41. The molecule has 1 heteroatoms. The van der Waals surface area contributed by atoms with E-state index in [9.17, 15) is 5.11 Å². The average molecular weight is 218 g/mol. The van der Waals surface area contributed by atoms with Gasteiger partial charge in [-0.2, -0.15) is 0 Å². The van der Waals surface area contributed by atoms with Gasteiger partial charge in [-0.1, -0.05) is 44.2 Å². The highest BCUT2D eigenvalue weighted by molar-refractivity contribution is 5.17. The lowest BCUT2D eigenvalue weighted by atomic mass is 9.69. The fraction of sp³-hybridized carbons (Fsp3) is 0.600. The predicted octanol–water partition coefficient (Wildman–Crippen LogP) is 3.56. The Morgan fingerprint density at radius 1 is 1.00 bits per heavy atom. The third kappa shape index (κ3) is 2.85. The van der Waals surface area contributed by atoms with Gasteiger partial charge in [0.15, 0.2) is 0 Å².